The van der Waals surface area contributed by atoms with Crippen LogP contribution >= 0.6 is 0 Å². The van der Waals surface area contributed by atoms with Gasteiger partial charge in [-0.25, -0.2) is 10.2 Å². The minimum atomic E-state index is -0.729. The molecule has 0 bridgehead atoms. The molecule has 0 fully saturated rings. The van der Waals surface area contributed by atoms with E-state index in [0.29, 0.717) is 29.4 Å². The average Bonchev–Trinajstić information content (AvgIpc) is 2.93. The molecule has 4 rings (SSSR count). The van der Waals surface area contributed by atoms with Crippen LogP contribution in [0.4, 0.5) is 0 Å². The second kappa shape index (κ2) is 12.4. The molecule has 4 aromatic rings. The molecular formula is C30H28N2O5. The number of hydrogen-bond donors (Lipinski definition) is 1. The molecule has 188 valence electrons. The predicted molar refractivity (Wildman–Crippen MR) is 143 cm³/mol. The summed E-state index contributed by atoms with van der Waals surface area (Å²) in [4.78, 5) is 24.8. The standard InChI is InChI=1S/C30H28N2O5/c1-3-18-35-26-15-11-24(12-16-26)30(34)37-27-13-8-22(9-14-27)20-31-32-29(33)21(2)36-28-17-10-23-6-4-5-7-25(23)19-28/h4-17,19-21H,3,18H2,1-2H3,(H,32,33). The van der Waals surface area contributed by atoms with Crippen molar-refractivity contribution in [1.29, 1.82) is 0 Å². The fraction of sp³-hybridized carbons (Fsp3) is 0.167. The van der Waals surface area contributed by atoms with Gasteiger partial charge in [0.1, 0.15) is 17.2 Å². The lowest BCUT2D eigenvalue weighted by Crippen LogP contribution is -2.33. The zero-order valence-corrected chi connectivity index (χ0v) is 20.7. The summed E-state index contributed by atoms with van der Waals surface area (Å²) in [5, 5.41) is 6.14. The Balaban J connectivity index is 1.26. The molecule has 0 aromatic heterocycles. The highest BCUT2D eigenvalue weighted by atomic mass is 16.5. The first-order chi connectivity index (χ1) is 18.0. The molecule has 1 amide bonds. The van der Waals surface area contributed by atoms with E-state index in [1.54, 1.807) is 55.5 Å². The first kappa shape index (κ1) is 25.4. The SMILES string of the molecule is CCCOc1ccc(C(=O)Oc2ccc(C=NNC(=O)C(C)Oc3ccc4ccccc4c3)cc2)cc1. The van der Waals surface area contributed by atoms with E-state index in [9.17, 15) is 9.59 Å². The highest BCUT2D eigenvalue weighted by Crippen LogP contribution is 2.21. The van der Waals surface area contributed by atoms with Gasteiger partial charge in [0.15, 0.2) is 6.10 Å². The van der Waals surface area contributed by atoms with Gasteiger partial charge in [-0.3, -0.25) is 4.79 Å². The highest BCUT2D eigenvalue weighted by Gasteiger charge is 2.14. The summed E-state index contributed by atoms with van der Waals surface area (Å²) in [6.07, 6.45) is 1.69. The van der Waals surface area contributed by atoms with Crippen molar-refractivity contribution >= 4 is 28.9 Å². The maximum Gasteiger partial charge on any atom is 0.343 e. The third-order valence-corrected chi connectivity index (χ3v) is 5.44. The second-order valence-corrected chi connectivity index (χ2v) is 8.33. The van der Waals surface area contributed by atoms with Gasteiger partial charge in [0.25, 0.3) is 5.91 Å². The molecule has 0 heterocycles. The van der Waals surface area contributed by atoms with Crippen molar-refractivity contribution in [1.82, 2.24) is 5.43 Å². The van der Waals surface area contributed by atoms with Crippen LogP contribution in [-0.2, 0) is 4.79 Å². The van der Waals surface area contributed by atoms with Crippen molar-refractivity contribution in [2.24, 2.45) is 5.10 Å². The lowest BCUT2D eigenvalue weighted by atomic mass is 10.1. The minimum absolute atomic E-state index is 0.374. The van der Waals surface area contributed by atoms with Gasteiger partial charge in [-0.15, -0.1) is 0 Å². The smallest absolute Gasteiger partial charge is 0.343 e. The van der Waals surface area contributed by atoms with Crippen molar-refractivity contribution in [3.05, 3.63) is 102 Å². The summed E-state index contributed by atoms with van der Waals surface area (Å²) < 4.78 is 16.7. The molecule has 0 saturated heterocycles. The van der Waals surface area contributed by atoms with Crippen LogP contribution < -0.4 is 19.6 Å². The molecule has 1 N–H and O–H groups in total. The predicted octanol–water partition coefficient (Wildman–Crippen LogP) is 5.77. The van der Waals surface area contributed by atoms with Crippen LogP contribution in [0.1, 0.15) is 36.2 Å². The molecular weight excluding hydrogens is 468 g/mol. The van der Waals surface area contributed by atoms with Crippen molar-refractivity contribution in [3.8, 4) is 17.2 Å². The van der Waals surface area contributed by atoms with Crippen molar-refractivity contribution in [2.75, 3.05) is 6.61 Å². The Morgan fingerprint density at radius 3 is 2.27 bits per heavy atom. The fourth-order valence-corrected chi connectivity index (χ4v) is 3.45. The van der Waals surface area contributed by atoms with Gasteiger partial charge in [-0.1, -0.05) is 37.3 Å². The number of amides is 1. The zero-order valence-electron chi connectivity index (χ0n) is 20.7. The summed E-state index contributed by atoms with van der Waals surface area (Å²) in [5.74, 6) is 0.882. The molecule has 0 aliphatic carbocycles. The van der Waals surface area contributed by atoms with E-state index in [4.69, 9.17) is 14.2 Å². The monoisotopic (exact) mass is 496 g/mol. The van der Waals surface area contributed by atoms with Crippen molar-refractivity contribution in [3.63, 3.8) is 0 Å². The van der Waals surface area contributed by atoms with E-state index in [1.165, 1.54) is 6.21 Å². The van der Waals surface area contributed by atoms with Gasteiger partial charge in [-0.05, 0) is 90.3 Å². The van der Waals surface area contributed by atoms with Crippen LogP contribution in [0.3, 0.4) is 0 Å². The Morgan fingerprint density at radius 2 is 1.54 bits per heavy atom. The van der Waals surface area contributed by atoms with Gasteiger partial charge in [0.05, 0.1) is 18.4 Å². The number of hydrogen-bond acceptors (Lipinski definition) is 6. The van der Waals surface area contributed by atoms with Crippen LogP contribution in [0.5, 0.6) is 17.2 Å². The molecule has 0 radical (unpaired) electrons. The summed E-state index contributed by atoms with van der Waals surface area (Å²) >= 11 is 0. The first-order valence-corrected chi connectivity index (χ1v) is 12.1. The topological polar surface area (TPSA) is 86.2 Å². The van der Waals surface area contributed by atoms with Crippen LogP contribution in [-0.4, -0.2) is 30.8 Å². The number of nitrogens with zero attached hydrogens (tertiary/aromatic N) is 1. The van der Waals surface area contributed by atoms with Crippen LogP contribution in [0.25, 0.3) is 10.8 Å². The van der Waals surface area contributed by atoms with Crippen molar-refractivity contribution < 1.29 is 23.8 Å². The largest absolute Gasteiger partial charge is 0.494 e. The summed E-state index contributed by atoms with van der Waals surface area (Å²) in [6, 6.07) is 27.2. The third kappa shape index (κ3) is 7.18. The quantitative estimate of drug-likeness (QED) is 0.130. The minimum Gasteiger partial charge on any atom is -0.494 e. The second-order valence-electron chi connectivity index (χ2n) is 8.33. The van der Waals surface area contributed by atoms with E-state index >= 15 is 0 Å². The number of hydrazone groups is 1. The first-order valence-electron chi connectivity index (χ1n) is 12.1. The number of nitrogens with one attached hydrogen (secondary N) is 1. The number of fused-ring (bicyclic) bond motifs is 1. The zero-order chi connectivity index (χ0) is 26.0. The van der Waals surface area contributed by atoms with E-state index in [-0.39, 0.29) is 5.91 Å². The lowest BCUT2D eigenvalue weighted by Gasteiger charge is -2.13. The van der Waals surface area contributed by atoms with Crippen LogP contribution in [0.2, 0.25) is 0 Å². The molecule has 7 nitrogen and oxygen atoms in total. The Bertz CT molecular complexity index is 1380. The van der Waals surface area contributed by atoms with Gasteiger partial charge in [0, 0.05) is 0 Å². The van der Waals surface area contributed by atoms with Gasteiger partial charge >= 0.3 is 5.97 Å². The van der Waals surface area contributed by atoms with Gasteiger partial charge in [-0.2, -0.15) is 5.10 Å². The maximum absolute atomic E-state index is 12.4. The van der Waals surface area contributed by atoms with Crippen LogP contribution in [0.15, 0.2) is 96.1 Å². The molecule has 0 aliphatic heterocycles. The molecule has 0 saturated carbocycles. The van der Waals surface area contributed by atoms with Gasteiger partial charge in [0.2, 0.25) is 0 Å². The Labute approximate surface area is 215 Å². The number of benzene rings is 4. The number of carbonyl (C=O) groups excluding carboxylic acids is 2. The van der Waals surface area contributed by atoms with Gasteiger partial charge < -0.3 is 14.2 Å². The fourth-order valence-electron chi connectivity index (χ4n) is 3.45. The average molecular weight is 497 g/mol. The summed E-state index contributed by atoms with van der Waals surface area (Å²) in [6.45, 7) is 4.32. The molecule has 37 heavy (non-hydrogen) atoms. The maximum atomic E-state index is 12.4. The Kier molecular flexibility index (Phi) is 8.49. The van der Waals surface area contributed by atoms with E-state index in [1.807, 2.05) is 49.4 Å². The van der Waals surface area contributed by atoms with E-state index in [2.05, 4.69) is 10.5 Å². The number of rotatable bonds is 10. The molecule has 1 atom stereocenters. The highest BCUT2D eigenvalue weighted by molar-refractivity contribution is 5.91. The summed E-state index contributed by atoms with van der Waals surface area (Å²) in [5.41, 5.74) is 3.63. The lowest BCUT2D eigenvalue weighted by molar-refractivity contribution is -0.127. The molecule has 4 aromatic carbocycles. The van der Waals surface area contributed by atoms with E-state index < -0.39 is 12.1 Å². The van der Waals surface area contributed by atoms with Crippen LogP contribution in [0, 0.1) is 0 Å². The number of ether oxygens (including phenoxy) is 3. The summed E-state index contributed by atoms with van der Waals surface area (Å²) in [7, 11) is 0. The molecule has 7 heteroatoms. The normalized spacial score (nSPS) is 11.7. The number of carbonyl (C=O) groups is 2. The van der Waals surface area contributed by atoms with E-state index in [0.717, 1.165) is 22.8 Å². The van der Waals surface area contributed by atoms with Crippen molar-refractivity contribution in [2.45, 2.75) is 26.4 Å². The Morgan fingerprint density at radius 1 is 0.865 bits per heavy atom. The molecule has 0 aliphatic rings. The third-order valence-electron chi connectivity index (χ3n) is 5.44. The molecule has 0 spiro atoms. The Hall–Kier alpha value is -4.65. The number of esters is 1. The molecule has 1 unspecified atom stereocenters.